The van der Waals surface area contributed by atoms with Gasteiger partial charge in [0.2, 0.25) is 0 Å². The first-order valence-electron chi connectivity index (χ1n) is 6.25. The standard InChI is InChI=1S/C16H12ClNS/c1-18-14-7-6-10(17)8-12(14)13-9-19-15-5-3-2-4-11(15)16(13)18/h2-8H,9H2,1H3. The number of benzene rings is 2. The third kappa shape index (κ3) is 1.57. The molecule has 19 heavy (non-hydrogen) atoms. The Morgan fingerprint density at radius 3 is 2.89 bits per heavy atom. The molecule has 2 aromatic carbocycles. The largest absolute Gasteiger partial charge is 0.343 e. The molecule has 3 aromatic rings. The number of nitrogens with zero attached hydrogens (tertiary/aromatic N) is 1. The van der Waals surface area contributed by atoms with Crippen LogP contribution in [0.5, 0.6) is 0 Å². The van der Waals surface area contributed by atoms with Gasteiger partial charge in [-0.1, -0.05) is 29.8 Å². The van der Waals surface area contributed by atoms with Crippen molar-refractivity contribution in [1.82, 2.24) is 4.57 Å². The van der Waals surface area contributed by atoms with Crippen LogP contribution in [0.1, 0.15) is 5.56 Å². The molecular weight excluding hydrogens is 274 g/mol. The third-order valence-corrected chi connectivity index (χ3v) is 5.12. The fraction of sp³-hybridized carbons (Fsp3) is 0.125. The highest BCUT2D eigenvalue weighted by molar-refractivity contribution is 7.98. The predicted octanol–water partition coefficient (Wildman–Crippen LogP) is 5.10. The van der Waals surface area contributed by atoms with E-state index in [2.05, 4.69) is 48.0 Å². The molecule has 0 atom stereocenters. The van der Waals surface area contributed by atoms with E-state index in [0.717, 1.165) is 10.8 Å². The number of halogens is 1. The van der Waals surface area contributed by atoms with Crippen LogP contribution in [-0.2, 0) is 12.8 Å². The van der Waals surface area contributed by atoms with Crippen molar-refractivity contribution in [3.05, 3.63) is 53.1 Å². The van der Waals surface area contributed by atoms with Crippen LogP contribution in [-0.4, -0.2) is 4.57 Å². The Balaban J connectivity index is 2.14. The van der Waals surface area contributed by atoms with E-state index in [1.807, 2.05) is 17.8 Å². The van der Waals surface area contributed by atoms with E-state index in [0.29, 0.717) is 0 Å². The van der Waals surface area contributed by atoms with Gasteiger partial charge in [0, 0.05) is 39.2 Å². The fourth-order valence-corrected chi connectivity index (χ4v) is 4.18. The molecule has 3 heteroatoms. The summed E-state index contributed by atoms with van der Waals surface area (Å²) in [5.74, 6) is 1.02. The van der Waals surface area contributed by atoms with Crippen molar-refractivity contribution < 1.29 is 0 Å². The number of hydrogen-bond donors (Lipinski definition) is 0. The Hall–Kier alpha value is -1.38. The summed E-state index contributed by atoms with van der Waals surface area (Å²) in [6.45, 7) is 0. The lowest BCUT2D eigenvalue weighted by atomic mass is 10.1. The van der Waals surface area contributed by atoms with Crippen LogP contribution in [0, 0.1) is 0 Å². The van der Waals surface area contributed by atoms with Crippen LogP contribution in [0.25, 0.3) is 22.2 Å². The Bertz CT molecular complexity index is 804. The van der Waals surface area contributed by atoms with Gasteiger partial charge in [0.1, 0.15) is 0 Å². The second-order valence-corrected chi connectivity index (χ2v) is 6.29. The van der Waals surface area contributed by atoms with Gasteiger partial charge in [-0.05, 0) is 29.8 Å². The van der Waals surface area contributed by atoms with Crippen LogP contribution in [0.3, 0.4) is 0 Å². The normalized spacial score (nSPS) is 13.4. The van der Waals surface area contributed by atoms with Gasteiger partial charge in [0.05, 0.1) is 5.69 Å². The zero-order valence-electron chi connectivity index (χ0n) is 10.5. The summed E-state index contributed by atoms with van der Waals surface area (Å²) in [5.41, 5.74) is 5.34. The van der Waals surface area contributed by atoms with Gasteiger partial charge in [-0.2, -0.15) is 0 Å². The molecule has 1 aromatic heterocycles. The maximum atomic E-state index is 6.15. The number of rotatable bonds is 0. The van der Waals surface area contributed by atoms with Crippen LogP contribution in [0.4, 0.5) is 0 Å². The molecular formula is C16H12ClNS. The molecule has 0 spiro atoms. The lowest BCUT2D eigenvalue weighted by Crippen LogP contribution is -1.98. The zero-order chi connectivity index (χ0) is 13.0. The number of hydrogen-bond acceptors (Lipinski definition) is 1. The summed E-state index contributed by atoms with van der Waals surface area (Å²) in [5, 5.41) is 2.09. The average Bonchev–Trinajstić information content (AvgIpc) is 2.72. The minimum absolute atomic E-state index is 0.810. The van der Waals surface area contributed by atoms with Crippen LogP contribution in [0.15, 0.2) is 47.4 Å². The maximum Gasteiger partial charge on any atom is 0.0541 e. The smallest absolute Gasteiger partial charge is 0.0541 e. The lowest BCUT2D eigenvalue weighted by molar-refractivity contribution is 0.966. The highest BCUT2D eigenvalue weighted by Crippen LogP contribution is 2.45. The minimum atomic E-state index is 0.810. The number of aryl methyl sites for hydroxylation is 1. The Morgan fingerprint density at radius 2 is 2.00 bits per heavy atom. The van der Waals surface area contributed by atoms with Crippen molar-refractivity contribution in [2.75, 3.05) is 0 Å². The molecule has 4 rings (SSSR count). The number of aromatic nitrogens is 1. The summed E-state index contributed by atoms with van der Waals surface area (Å²) in [7, 11) is 2.14. The molecule has 0 amide bonds. The maximum absolute atomic E-state index is 6.15. The highest BCUT2D eigenvalue weighted by atomic mass is 35.5. The molecule has 0 bridgehead atoms. The van der Waals surface area contributed by atoms with E-state index in [-0.39, 0.29) is 0 Å². The quantitative estimate of drug-likeness (QED) is 0.556. The van der Waals surface area contributed by atoms with Gasteiger partial charge in [-0.25, -0.2) is 0 Å². The van der Waals surface area contributed by atoms with E-state index >= 15 is 0 Å². The summed E-state index contributed by atoms with van der Waals surface area (Å²) < 4.78 is 2.29. The molecule has 94 valence electrons. The molecule has 2 heterocycles. The molecule has 0 saturated heterocycles. The lowest BCUT2D eigenvalue weighted by Gasteiger charge is -2.17. The summed E-state index contributed by atoms with van der Waals surface area (Å²) in [6, 6.07) is 14.8. The van der Waals surface area contributed by atoms with Crippen molar-refractivity contribution in [1.29, 1.82) is 0 Å². The molecule has 1 aliphatic rings. The zero-order valence-corrected chi connectivity index (χ0v) is 12.1. The molecule has 1 aliphatic heterocycles. The van der Waals surface area contributed by atoms with Crippen molar-refractivity contribution >= 4 is 34.3 Å². The van der Waals surface area contributed by atoms with Gasteiger partial charge < -0.3 is 4.57 Å². The second kappa shape index (κ2) is 4.06. The van der Waals surface area contributed by atoms with E-state index < -0.39 is 0 Å². The molecule has 0 radical (unpaired) electrons. The van der Waals surface area contributed by atoms with Gasteiger partial charge in [0.25, 0.3) is 0 Å². The average molecular weight is 286 g/mol. The highest BCUT2D eigenvalue weighted by Gasteiger charge is 2.23. The second-order valence-electron chi connectivity index (χ2n) is 4.83. The SMILES string of the molecule is Cn1c2c(c3cc(Cl)ccc31)CSc1ccccc1-2. The van der Waals surface area contributed by atoms with E-state index in [1.165, 1.54) is 32.6 Å². The van der Waals surface area contributed by atoms with Gasteiger partial charge in [-0.15, -0.1) is 11.8 Å². The van der Waals surface area contributed by atoms with Crippen LogP contribution in [0.2, 0.25) is 5.02 Å². The first-order chi connectivity index (χ1) is 9.25. The van der Waals surface area contributed by atoms with E-state index in [4.69, 9.17) is 11.6 Å². The van der Waals surface area contributed by atoms with E-state index in [9.17, 15) is 0 Å². The first-order valence-corrected chi connectivity index (χ1v) is 7.61. The Kier molecular flexibility index (Phi) is 2.44. The molecule has 0 fully saturated rings. The van der Waals surface area contributed by atoms with Crippen LogP contribution >= 0.6 is 23.4 Å². The predicted molar refractivity (Wildman–Crippen MR) is 82.9 cm³/mol. The number of fused-ring (bicyclic) bond motifs is 5. The van der Waals surface area contributed by atoms with Crippen LogP contribution < -0.4 is 0 Å². The summed E-state index contributed by atoms with van der Waals surface area (Å²) in [4.78, 5) is 1.37. The van der Waals surface area contributed by atoms with Gasteiger partial charge in [0.15, 0.2) is 0 Å². The molecule has 0 saturated carbocycles. The molecule has 0 aliphatic carbocycles. The van der Waals surface area contributed by atoms with Crippen molar-refractivity contribution in [3.8, 4) is 11.3 Å². The topological polar surface area (TPSA) is 4.93 Å². The van der Waals surface area contributed by atoms with Crippen molar-refractivity contribution in [3.63, 3.8) is 0 Å². The number of thioether (sulfide) groups is 1. The van der Waals surface area contributed by atoms with Gasteiger partial charge in [-0.3, -0.25) is 0 Å². The minimum Gasteiger partial charge on any atom is -0.343 e. The monoisotopic (exact) mass is 285 g/mol. The van der Waals surface area contributed by atoms with Gasteiger partial charge >= 0.3 is 0 Å². The van der Waals surface area contributed by atoms with Crippen molar-refractivity contribution in [2.45, 2.75) is 10.6 Å². The van der Waals surface area contributed by atoms with Crippen molar-refractivity contribution in [2.24, 2.45) is 7.05 Å². The Labute approximate surface area is 121 Å². The van der Waals surface area contributed by atoms with E-state index in [1.54, 1.807) is 0 Å². The molecule has 1 nitrogen and oxygen atoms in total. The molecule has 0 N–H and O–H groups in total. The third-order valence-electron chi connectivity index (χ3n) is 3.78. The summed E-state index contributed by atoms with van der Waals surface area (Å²) in [6.07, 6.45) is 0. The summed E-state index contributed by atoms with van der Waals surface area (Å²) >= 11 is 8.06. The first kappa shape index (κ1) is 11.4. The fourth-order valence-electron chi connectivity index (χ4n) is 2.92. The molecule has 0 unspecified atom stereocenters. The Morgan fingerprint density at radius 1 is 1.16 bits per heavy atom.